The van der Waals surface area contributed by atoms with Crippen LogP contribution in [0.1, 0.15) is 54.3 Å². The van der Waals surface area contributed by atoms with Crippen molar-refractivity contribution in [3.05, 3.63) is 35.4 Å². The number of fused-ring (bicyclic) bond motifs is 1. The molecule has 0 aliphatic carbocycles. The Labute approximate surface area is 172 Å². The van der Waals surface area contributed by atoms with Gasteiger partial charge in [-0.1, -0.05) is 17.2 Å². The molecule has 1 saturated heterocycles. The summed E-state index contributed by atoms with van der Waals surface area (Å²) in [4.78, 5) is 56.3. The number of hydroxylamine groups is 2. The van der Waals surface area contributed by atoms with Crippen LogP contribution in [-0.4, -0.2) is 65.0 Å². The molecule has 0 radical (unpaired) electrons. The molecule has 9 nitrogen and oxygen atoms in total. The maximum atomic E-state index is 14.4. The summed E-state index contributed by atoms with van der Waals surface area (Å²) >= 11 is 0. The molecule has 162 valence electrons. The van der Waals surface area contributed by atoms with Crippen LogP contribution in [0.2, 0.25) is 0 Å². The Bertz CT molecular complexity index is 847. The summed E-state index contributed by atoms with van der Waals surface area (Å²) in [5, 5.41) is 0.351. The van der Waals surface area contributed by atoms with Crippen molar-refractivity contribution >= 4 is 23.9 Å². The second kappa shape index (κ2) is 8.02. The van der Waals surface area contributed by atoms with E-state index in [2.05, 4.69) is 0 Å². The molecule has 3 rings (SSSR count). The first-order valence-corrected chi connectivity index (χ1v) is 9.43. The van der Waals surface area contributed by atoms with Crippen LogP contribution in [0.5, 0.6) is 0 Å². The number of hydrogen-bond donors (Lipinski definition) is 0. The zero-order valence-electron chi connectivity index (χ0n) is 17.1. The average molecular weight is 422 g/mol. The minimum atomic E-state index is -1.55. The monoisotopic (exact) mass is 422 g/mol. The van der Waals surface area contributed by atoms with Gasteiger partial charge in [0.1, 0.15) is 17.8 Å². The summed E-state index contributed by atoms with van der Waals surface area (Å²) in [6.07, 6.45) is -4.08. The van der Waals surface area contributed by atoms with Crippen molar-refractivity contribution in [2.75, 3.05) is 7.11 Å². The minimum Gasteiger partial charge on any atom is -0.444 e. The van der Waals surface area contributed by atoms with Crippen LogP contribution >= 0.6 is 0 Å². The first kappa shape index (κ1) is 21.7. The Morgan fingerprint density at radius 2 is 1.63 bits per heavy atom. The highest BCUT2D eigenvalue weighted by molar-refractivity contribution is 6.20. The lowest BCUT2D eigenvalue weighted by Gasteiger charge is -2.41. The van der Waals surface area contributed by atoms with E-state index in [0.717, 1.165) is 4.90 Å². The number of alkyl halides is 1. The third-order valence-corrected chi connectivity index (χ3v) is 4.69. The Hall–Kier alpha value is -3.01. The number of nitrogens with zero attached hydrogens (tertiary/aromatic N) is 2. The van der Waals surface area contributed by atoms with Gasteiger partial charge in [-0.3, -0.25) is 14.5 Å². The lowest BCUT2D eigenvalue weighted by molar-refractivity contribution is -0.187. The number of benzene rings is 1. The van der Waals surface area contributed by atoms with Gasteiger partial charge in [-0.25, -0.2) is 14.0 Å². The highest BCUT2D eigenvalue weighted by Gasteiger charge is 2.48. The first-order valence-electron chi connectivity index (χ1n) is 9.43. The quantitative estimate of drug-likeness (QED) is 0.690. The molecule has 3 amide bonds. The van der Waals surface area contributed by atoms with E-state index in [-0.39, 0.29) is 24.0 Å². The number of amides is 3. The standard InChI is InChI=1S/C20H23FN2O7/c1-20(2,3)29-19(27)22-14(10-9-13(21)17(22)28-4)18(26)30-23-15(24)11-7-5-6-8-12(11)16(23)25/h5-8,13-14,17H,9-10H2,1-4H3. The van der Waals surface area contributed by atoms with Crippen molar-refractivity contribution in [1.29, 1.82) is 0 Å². The molecule has 2 aliphatic rings. The van der Waals surface area contributed by atoms with E-state index >= 15 is 0 Å². The number of rotatable bonds is 3. The molecule has 0 N–H and O–H groups in total. The smallest absolute Gasteiger partial charge is 0.413 e. The molecular weight excluding hydrogens is 399 g/mol. The fourth-order valence-corrected chi connectivity index (χ4v) is 3.39. The molecular formula is C20H23FN2O7. The van der Waals surface area contributed by atoms with Crippen LogP contribution in [0.25, 0.3) is 0 Å². The molecule has 1 fully saturated rings. The Morgan fingerprint density at radius 3 is 2.13 bits per heavy atom. The molecule has 2 aliphatic heterocycles. The van der Waals surface area contributed by atoms with Crippen molar-refractivity contribution in [2.24, 2.45) is 0 Å². The van der Waals surface area contributed by atoms with Gasteiger partial charge in [-0.05, 0) is 45.7 Å². The molecule has 0 spiro atoms. The molecule has 0 aromatic heterocycles. The van der Waals surface area contributed by atoms with Crippen LogP contribution in [0.15, 0.2) is 24.3 Å². The van der Waals surface area contributed by atoms with E-state index in [4.69, 9.17) is 14.3 Å². The third kappa shape index (κ3) is 4.00. The number of halogens is 1. The molecule has 0 bridgehead atoms. The number of carbonyl (C=O) groups excluding carboxylic acids is 4. The van der Waals surface area contributed by atoms with Gasteiger partial charge in [0, 0.05) is 7.11 Å². The maximum absolute atomic E-state index is 14.4. The predicted octanol–water partition coefficient (Wildman–Crippen LogP) is 2.45. The molecule has 30 heavy (non-hydrogen) atoms. The van der Waals surface area contributed by atoms with Gasteiger partial charge >= 0.3 is 12.1 Å². The molecule has 3 unspecified atom stereocenters. The molecule has 3 atom stereocenters. The number of piperidine rings is 1. The van der Waals surface area contributed by atoms with Gasteiger partial charge in [0.2, 0.25) is 0 Å². The first-order chi connectivity index (χ1) is 14.0. The van der Waals surface area contributed by atoms with Crippen molar-refractivity contribution in [3.8, 4) is 0 Å². The van der Waals surface area contributed by atoms with Crippen LogP contribution < -0.4 is 0 Å². The van der Waals surface area contributed by atoms with Gasteiger partial charge < -0.3 is 14.3 Å². The zero-order chi connectivity index (χ0) is 22.2. The summed E-state index contributed by atoms with van der Waals surface area (Å²) < 4.78 is 24.8. The van der Waals surface area contributed by atoms with Crippen LogP contribution in [0.3, 0.4) is 0 Å². The van der Waals surface area contributed by atoms with E-state index in [1.165, 1.54) is 19.2 Å². The van der Waals surface area contributed by atoms with Gasteiger partial charge in [0.05, 0.1) is 11.1 Å². The minimum absolute atomic E-state index is 0.0836. The summed E-state index contributed by atoms with van der Waals surface area (Å²) in [7, 11) is 1.20. The van der Waals surface area contributed by atoms with Crippen LogP contribution in [0, 0.1) is 0 Å². The number of ether oxygens (including phenoxy) is 2. The second-order valence-electron chi connectivity index (χ2n) is 7.98. The topological polar surface area (TPSA) is 102 Å². The van der Waals surface area contributed by atoms with Gasteiger partial charge in [0.25, 0.3) is 11.8 Å². The maximum Gasteiger partial charge on any atom is 0.413 e. The fraction of sp³-hybridized carbons (Fsp3) is 0.500. The summed E-state index contributed by atoms with van der Waals surface area (Å²) in [5.41, 5.74) is -0.710. The number of methoxy groups -OCH3 is 1. The molecule has 1 aromatic rings. The summed E-state index contributed by atoms with van der Waals surface area (Å²) in [6, 6.07) is 4.72. The Balaban J connectivity index is 1.83. The van der Waals surface area contributed by atoms with Gasteiger partial charge in [-0.2, -0.15) is 0 Å². The normalized spacial score (nSPS) is 24.0. The Kier molecular flexibility index (Phi) is 5.80. The van der Waals surface area contributed by atoms with E-state index in [9.17, 15) is 23.6 Å². The highest BCUT2D eigenvalue weighted by atomic mass is 19.1. The van der Waals surface area contributed by atoms with Gasteiger partial charge in [0.15, 0.2) is 6.23 Å². The zero-order valence-corrected chi connectivity index (χ0v) is 17.1. The molecule has 10 heteroatoms. The van der Waals surface area contributed by atoms with Crippen LogP contribution in [-0.2, 0) is 19.1 Å². The Morgan fingerprint density at radius 1 is 1.07 bits per heavy atom. The average Bonchev–Trinajstić information content (AvgIpc) is 2.91. The molecule has 0 saturated carbocycles. The SMILES string of the molecule is COC1C(F)CCC(C(=O)ON2C(=O)c3ccccc3C2=O)N1C(=O)OC(C)(C)C. The summed E-state index contributed by atoms with van der Waals surface area (Å²) in [5.74, 6) is -2.66. The highest BCUT2D eigenvalue weighted by Crippen LogP contribution is 2.30. The lowest BCUT2D eigenvalue weighted by Crippen LogP contribution is -2.60. The second-order valence-corrected chi connectivity index (χ2v) is 7.98. The third-order valence-electron chi connectivity index (χ3n) is 4.69. The molecule has 2 heterocycles. The number of hydrogen-bond acceptors (Lipinski definition) is 7. The van der Waals surface area contributed by atoms with Crippen molar-refractivity contribution in [2.45, 2.75) is 57.7 Å². The number of carbonyl (C=O) groups is 4. The fourth-order valence-electron chi connectivity index (χ4n) is 3.39. The van der Waals surface area contributed by atoms with E-state index < -0.39 is 47.9 Å². The van der Waals surface area contributed by atoms with E-state index in [1.807, 2.05) is 0 Å². The van der Waals surface area contributed by atoms with E-state index in [1.54, 1.807) is 32.9 Å². The largest absolute Gasteiger partial charge is 0.444 e. The van der Waals surface area contributed by atoms with Crippen molar-refractivity contribution in [1.82, 2.24) is 9.96 Å². The van der Waals surface area contributed by atoms with Crippen LogP contribution in [0.4, 0.5) is 9.18 Å². The van der Waals surface area contributed by atoms with Gasteiger partial charge in [-0.15, -0.1) is 0 Å². The predicted molar refractivity (Wildman–Crippen MR) is 99.8 cm³/mol. The number of imide groups is 1. The molecule has 1 aromatic carbocycles. The van der Waals surface area contributed by atoms with Crippen molar-refractivity contribution in [3.63, 3.8) is 0 Å². The van der Waals surface area contributed by atoms with E-state index in [0.29, 0.717) is 5.06 Å². The lowest BCUT2D eigenvalue weighted by atomic mass is 10.00. The number of likely N-dealkylation sites (tertiary alicyclic amines) is 1. The summed E-state index contributed by atoms with van der Waals surface area (Å²) in [6.45, 7) is 4.86. The van der Waals surface area contributed by atoms with Crippen molar-refractivity contribution < 1.29 is 37.9 Å².